The molecule has 0 bridgehead atoms. The van der Waals surface area contributed by atoms with Crippen LogP contribution in [0, 0.1) is 5.92 Å². The molecule has 0 aliphatic rings. The first-order valence-corrected chi connectivity index (χ1v) is 6.62. The van der Waals surface area contributed by atoms with Gasteiger partial charge in [-0.25, -0.2) is 0 Å². The first-order chi connectivity index (χ1) is 9.40. The first-order valence-electron chi connectivity index (χ1n) is 6.62. The summed E-state index contributed by atoms with van der Waals surface area (Å²) in [5.41, 5.74) is 0.906. The van der Waals surface area contributed by atoms with Crippen molar-refractivity contribution < 1.29 is 19.8 Å². The molecule has 1 aromatic carbocycles. The number of hydrogen-bond donors (Lipinski definition) is 2. The van der Waals surface area contributed by atoms with E-state index in [1.54, 1.807) is 0 Å². The van der Waals surface area contributed by atoms with Crippen LogP contribution in [-0.2, 0) is 16.1 Å². The maximum atomic E-state index is 11.4. The number of carbonyl (C=O) groups is 2. The van der Waals surface area contributed by atoms with Crippen molar-refractivity contribution in [1.82, 2.24) is 4.90 Å². The molecule has 0 aliphatic carbocycles. The molecule has 20 heavy (non-hydrogen) atoms. The second-order valence-electron chi connectivity index (χ2n) is 5.27. The first kappa shape index (κ1) is 16.2. The van der Waals surface area contributed by atoms with Gasteiger partial charge in [0.25, 0.3) is 0 Å². The van der Waals surface area contributed by atoms with Crippen LogP contribution in [-0.4, -0.2) is 39.6 Å². The Bertz CT molecular complexity index is 444. The zero-order valence-electron chi connectivity index (χ0n) is 11.8. The van der Waals surface area contributed by atoms with E-state index >= 15 is 0 Å². The van der Waals surface area contributed by atoms with Crippen LogP contribution in [0.4, 0.5) is 0 Å². The van der Waals surface area contributed by atoms with Crippen molar-refractivity contribution in [2.75, 3.05) is 6.54 Å². The Hall–Kier alpha value is -1.88. The predicted octanol–water partition coefficient (Wildman–Crippen LogP) is 2.07. The van der Waals surface area contributed by atoms with Crippen LogP contribution >= 0.6 is 0 Å². The molecule has 5 heteroatoms. The van der Waals surface area contributed by atoms with Crippen LogP contribution in [0.25, 0.3) is 0 Å². The van der Waals surface area contributed by atoms with Crippen LogP contribution in [0.3, 0.4) is 0 Å². The van der Waals surface area contributed by atoms with Gasteiger partial charge in [0.2, 0.25) is 0 Å². The molecule has 1 atom stereocenters. The minimum atomic E-state index is -1.02. The van der Waals surface area contributed by atoms with Gasteiger partial charge in [0.15, 0.2) is 0 Å². The number of benzene rings is 1. The van der Waals surface area contributed by atoms with Crippen molar-refractivity contribution in [1.29, 1.82) is 0 Å². The molecule has 0 radical (unpaired) electrons. The fourth-order valence-electron chi connectivity index (χ4n) is 2.12. The SMILES string of the molecule is CC(C)CC(C(=O)O)N(CC(=O)O)Cc1ccccc1. The second kappa shape index (κ2) is 7.65. The zero-order valence-corrected chi connectivity index (χ0v) is 11.8. The molecule has 0 heterocycles. The van der Waals surface area contributed by atoms with E-state index < -0.39 is 18.0 Å². The highest BCUT2D eigenvalue weighted by molar-refractivity contribution is 5.75. The lowest BCUT2D eigenvalue weighted by Crippen LogP contribution is -2.44. The third-order valence-corrected chi connectivity index (χ3v) is 2.99. The average Bonchev–Trinajstić information content (AvgIpc) is 2.35. The van der Waals surface area contributed by atoms with Gasteiger partial charge in [-0.15, -0.1) is 0 Å². The molecular weight excluding hydrogens is 258 g/mol. The molecule has 2 N–H and O–H groups in total. The maximum Gasteiger partial charge on any atom is 0.320 e. The van der Waals surface area contributed by atoms with Crippen LogP contribution < -0.4 is 0 Å². The van der Waals surface area contributed by atoms with Crippen molar-refractivity contribution in [3.8, 4) is 0 Å². The van der Waals surface area contributed by atoms with Crippen molar-refractivity contribution >= 4 is 11.9 Å². The fraction of sp³-hybridized carbons (Fsp3) is 0.467. The number of aliphatic carboxylic acids is 2. The van der Waals surface area contributed by atoms with Gasteiger partial charge in [-0.2, -0.15) is 0 Å². The smallest absolute Gasteiger partial charge is 0.320 e. The summed E-state index contributed by atoms with van der Waals surface area (Å²) in [5.74, 6) is -1.81. The molecule has 110 valence electrons. The van der Waals surface area contributed by atoms with Gasteiger partial charge in [-0.3, -0.25) is 14.5 Å². The topological polar surface area (TPSA) is 77.8 Å². The van der Waals surface area contributed by atoms with Crippen molar-refractivity contribution in [2.45, 2.75) is 32.9 Å². The highest BCUT2D eigenvalue weighted by atomic mass is 16.4. The number of carboxylic acids is 2. The monoisotopic (exact) mass is 279 g/mol. The van der Waals surface area contributed by atoms with Crippen LogP contribution in [0.15, 0.2) is 30.3 Å². The van der Waals surface area contributed by atoms with Crippen LogP contribution in [0.5, 0.6) is 0 Å². The molecule has 0 aliphatic heterocycles. The van der Waals surface area contributed by atoms with E-state index in [2.05, 4.69) is 0 Å². The van der Waals surface area contributed by atoms with E-state index in [1.807, 2.05) is 44.2 Å². The Kier molecular flexibility index (Phi) is 6.18. The second-order valence-corrected chi connectivity index (χ2v) is 5.27. The van der Waals surface area contributed by atoms with Gasteiger partial charge in [-0.1, -0.05) is 44.2 Å². The molecule has 1 rings (SSSR count). The third-order valence-electron chi connectivity index (χ3n) is 2.99. The lowest BCUT2D eigenvalue weighted by molar-refractivity contribution is -0.147. The van der Waals surface area contributed by atoms with E-state index in [4.69, 9.17) is 5.11 Å². The van der Waals surface area contributed by atoms with Crippen molar-refractivity contribution in [2.24, 2.45) is 5.92 Å². The number of carboxylic acid groups (broad SMARTS) is 2. The molecule has 0 aromatic heterocycles. The highest BCUT2D eigenvalue weighted by Crippen LogP contribution is 2.15. The quantitative estimate of drug-likeness (QED) is 0.761. The van der Waals surface area contributed by atoms with Crippen molar-refractivity contribution in [3.05, 3.63) is 35.9 Å². The van der Waals surface area contributed by atoms with Gasteiger partial charge >= 0.3 is 11.9 Å². The van der Waals surface area contributed by atoms with E-state index in [0.29, 0.717) is 13.0 Å². The summed E-state index contributed by atoms with van der Waals surface area (Å²) in [6, 6.07) is 8.52. The van der Waals surface area contributed by atoms with E-state index in [-0.39, 0.29) is 12.5 Å². The van der Waals surface area contributed by atoms with Crippen molar-refractivity contribution in [3.63, 3.8) is 0 Å². The minimum Gasteiger partial charge on any atom is -0.480 e. The lowest BCUT2D eigenvalue weighted by Gasteiger charge is -2.28. The van der Waals surface area contributed by atoms with E-state index in [0.717, 1.165) is 5.56 Å². The summed E-state index contributed by atoms with van der Waals surface area (Å²) in [6.07, 6.45) is 0.426. The molecule has 0 spiro atoms. The van der Waals surface area contributed by atoms with Gasteiger partial charge in [0.1, 0.15) is 6.04 Å². The fourth-order valence-corrected chi connectivity index (χ4v) is 2.12. The third kappa shape index (κ3) is 5.40. The van der Waals surface area contributed by atoms with Gasteiger partial charge in [0.05, 0.1) is 6.54 Å². The summed E-state index contributed by atoms with van der Waals surface area (Å²) >= 11 is 0. The summed E-state index contributed by atoms with van der Waals surface area (Å²) in [5, 5.41) is 18.3. The Morgan fingerprint density at radius 1 is 1.15 bits per heavy atom. The molecule has 5 nitrogen and oxygen atoms in total. The molecule has 0 saturated heterocycles. The van der Waals surface area contributed by atoms with Crippen LogP contribution in [0.1, 0.15) is 25.8 Å². The normalized spacial score (nSPS) is 12.6. The standard InChI is InChI=1S/C15H21NO4/c1-11(2)8-13(15(19)20)16(10-14(17)18)9-12-6-4-3-5-7-12/h3-7,11,13H,8-10H2,1-2H3,(H,17,18)(H,19,20). The Morgan fingerprint density at radius 2 is 1.75 bits per heavy atom. The zero-order chi connectivity index (χ0) is 15.1. The van der Waals surface area contributed by atoms with E-state index in [9.17, 15) is 14.7 Å². The van der Waals surface area contributed by atoms with Gasteiger partial charge in [0, 0.05) is 6.54 Å². The Morgan fingerprint density at radius 3 is 2.20 bits per heavy atom. The minimum absolute atomic E-state index is 0.183. The molecule has 0 amide bonds. The Balaban J connectivity index is 2.90. The molecule has 0 fully saturated rings. The molecule has 1 unspecified atom stereocenters. The predicted molar refractivity (Wildman–Crippen MR) is 75.4 cm³/mol. The largest absolute Gasteiger partial charge is 0.480 e. The summed E-state index contributed by atoms with van der Waals surface area (Å²) < 4.78 is 0. The Labute approximate surface area is 118 Å². The number of nitrogens with zero attached hydrogens (tertiary/aromatic N) is 1. The average molecular weight is 279 g/mol. The maximum absolute atomic E-state index is 11.4. The summed E-state index contributed by atoms with van der Waals surface area (Å²) in [4.78, 5) is 23.9. The lowest BCUT2D eigenvalue weighted by atomic mass is 10.0. The summed E-state index contributed by atoms with van der Waals surface area (Å²) in [6.45, 7) is 3.89. The number of hydrogen-bond acceptors (Lipinski definition) is 3. The number of rotatable bonds is 8. The molecular formula is C15H21NO4. The summed E-state index contributed by atoms with van der Waals surface area (Å²) in [7, 11) is 0. The van der Waals surface area contributed by atoms with Gasteiger partial charge in [-0.05, 0) is 17.9 Å². The van der Waals surface area contributed by atoms with Gasteiger partial charge < -0.3 is 10.2 Å². The highest BCUT2D eigenvalue weighted by Gasteiger charge is 2.28. The molecule has 1 aromatic rings. The van der Waals surface area contributed by atoms with Crippen LogP contribution in [0.2, 0.25) is 0 Å². The molecule has 0 saturated carbocycles. The van der Waals surface area contributed by atoms with E-state index in [1.165, 1.54) is 4.90 Å².